The van der Waals surface area contributed by atoms with Gasteiger partial charge < -0.3 is 9.47 Å². The van der Waals surface area contributed by atoms with E-state index in [2.05, 4.69) is 0 Å². The Morgan fingerprint density at radius 2 is 1.72 bits per heavy atom. The number of allylic oxidation sites excluding steroid dienone is 1. The van der Waals surface area contributed by atoms with Gasteiger partial charge in [-0.2, -0.15) is 0 Å². The third-order valence-electron chi connectivity index (χ3n) is 4.64. The Labute approximate surface area is 171 Å². The molecule has 0 unspecified atom stereocenters. The fourth-order valence-electron chi connectivity index (χ4n) is 3.05. The van der Waals surface area contributed by atoms with Crippen LogP contribution in [0.2, 0.25) is 5.02 Å². The molecule has 0 bridgehead atoms. The summed E-state index contributed by atoms with van der Waals surface area (Å²) in [7, 11) is 0. The van der Waals surface area contributed by atoms with E-state index in [1.165, 1.54) is 18.2 Å². The van der Waals surface area contributed by atoms with Crippen LogP contribution in [0.1, 0.15) is 27.0 Å². The van der Waals surface area contributed by atoms with E-state index >= 15 is 0 Å². The molecule has 0 N–H and O–H groups in total. The van der Waals surface area contributed by atoms with Gasteiger partial charge in [0.1, 0.15) is 29.7 Å². The molecule has 0 radical (unpaired) electrons. The zero-order chi connectivity index (χ0) is 20.5. The number of ether oxygens (including phenoxy) is 2. The van der Waals surface area contributed by atoms with E-state index in [0.717, 1.165) is 5.56 Å². The third-order valence-corrected chi connectivity index (χ3v) is 4.89. The van der Waals surface area contributed by atoms with Gasteiger partial charge in [0.05, 0.1) is 11.1 Å². The number of carbonyl (C=O) groups is 1. The van der Waals surface area contributed by atoms with Crippen molar-refractivity contribution in [2.45, 2.75) is 13.5 Å². The number of hydrogen-bond acceptors (Lipinski definition) is 3. The molecular formula is C23H15ClF2O3. The lowest BCUT2D eigenvalue weighted by Crippen LogP contribution is -2.03. The van der Waals surface area contributed by atoms with Gasteiger partial charge in [0, 0.05) is 10.6 Å². The highest BCUT2D eigenvalue weighted by Crippen LogP contribution is 2.39. The lowest BCUT2D eigenvalue weighted by Gasteiger charge is -2.12. The molecule has 4 rings (SSSR count). The first kappa shape index (κ1) is 19.2. The van der Waals surface area contributed by atoms with Crippen molar-refractivity contribution in [3.05, 3.63) is 99.3 Å². The number of rotatable bonds is 4. The molecule has 1 heterocycles. The van der Waals surface area contributed by atoms with Crippen molar-refractivity contribution in [3.63, 3.8) is 0 Å². The van der Waals surface area contributed by atoms with E-state index < -0.39 is 11.6 Å². The average molecular weight is 413 g/mol. The Morgan fingerprint density at radius 1 is 1.03 bits per heavy atom. The zero-order valence-electron chi connectivity index (χ0n) is 15.3. The van der Waals surface area contributed by atoms with Crippen molar-refractivity contribution < 1.29 is 23.0 Å². The lowest BCUT2D eigenvalue weighted by molar-refractivity contribution is 0.101. The summed E-state index contributed by atoms with van der Waals surface area (Å²) in [5.74, 6) is -0.659. The van der Waals surface area contributed by atoms with Gasteiger partial charge in [-0.1, -0.05) is 29.8 Å². The fourth-order valence-corrected chi connectivity index (χ4v) is 3.18. The molecule has 0 aromatic heterocycles. The molecular weight excluding hydrogens is 398 g/mol. The van der Waals surface area contributed by atoms with Crippen LogP contribution in [0.25, 0.3) is 6.08 Å². The summed E-state index contributed by atoms with van der Waals surface area (Å²) < 4.78 is 39.0. The molecule has 1 aliphatic heterocycles. The van der Waals surface area contributed by atoms with Gasteiger partial charge in [-0.15, -0.1) is 0 Å². The summed E-state index contributed by atoms with van der Waals surface area (Å²) in [5, 5.41) is 0.595. The Morgan fingerprint density at radius 3 is 2.41 bits per heavy atom. The average Bonchev–Trinajstić information content (AvgIpc) is 3.01. The topological polar surface area (TPSA) is 35.5 Å². The quantitative estimate of drug-likeness (QED) is 0.484. The molecule has 0 fully saturated rings. The van der Waals surface area contributed by atoms with Crippen LogP contribution in [-0.2, 0) is 6.61 Å². The second-order valence-electron chi connectivity index (χ2n) is 6.55. The Hall–Kier alpha value is -3.18. The van der Waals surface area contributed by atoms with Gasteiger partial charge in [-0.05, 0) is 55.0 Å². The minimum absolute atomic E-state index is 0.160. The second-order valence-corrected chi connectivity index (χ2v) is 6.98. The Bertz CT molecular complexity index is 1120. The van der Waals surface area contributed by atoms with Gasteiger partial charge in [0.2, 0.25) is 5.78 Å². The fraction of sp³-hybridized carbons (Fsp3) is 0.0870. The van der Waals surface area contributed by atoms with E-state index in [-0.39, 0.29) is 23.7 Å². The summed E-state index contributed by atoms with van der Waals surface area (Å²) in [6.07, 6.45) is 1.63. The molecule has 3 nitrogen and oxygen atoms in total. The number of fused-ring (bicyclic) bond motifs is 1. The van der Waals surface area contributed by atoms with Gasteiger partial charge in [-0.25, -0.2) is 8.78 Å². The minimum atomic E-state index is -0.677. The van der Waals surface area contributed by atoms with Crippen LogP contribution in [0.5, 0.6) is 11.5 Å². The molecule has 3 aromatic rings. The standard InChI is InChI=1S/C23H15ClF2O3/c1-13-20(28-12-17-18(25)3-2-4-19(17)26)10-9-16-22(27)21(29-23(13)16)11-14-5-7-15(24)8-6-14/h2-11H,12H2,1H3/b21-11-. The number of benzene rings is 3. The number of halogens is 3. The van der Waals surface area contributed by atoms with Gasteiger partial charge in [-0.3, -0.25) is 4.79 Å². The van der Waals surface area contributed by atoms with Crippen molar-refractivity contribution in [1.82, 2.24) is 0 Å². The van der Waals surface area contributed by atoms with E-state index in [0.29, 0.717) is 27.6 Å². The molecule has 0 saturated heterocycles. The lowest BCUT2D eigenvalue weighted by atomic mass is 10.1. The predicted octanol–water partition coefficient (Wildman–Crippen LogP) is 6.12. The van der Waals surface area contributed by atoms with E-state index in [1.807, 2.05) is 0 Å². The van der Waals surface area contributed by atoms with Gasteiger partial charge in [0.25, 0.3) is 0 Å². The summed E-state index contributed by atoms with van der Waals surface area (Å²) >= 11 is 5.88. The maximum absolute atomic E-state index is 13.8. The van der Waals surface area contributed by atoms with E-state index in [1.54, 1.807) is 49.4 Å². The first-order valence-corrected chi connectivity index (χ1v) is 9.21. The third kappa shape index (κ3) is 3.74. The summed E-state index contributed by atoms with van der Waals surface area (Å²) in [6, 6.07) is 13.8. The van der Waals surface area contributed by atoms with Gasteiger partial charge >= 0.3 is 0 Å². The van der Waals surface area contributed by atoms with Crippen LogP contribution in [-0.4, -0.2) is 5.78 Å². The van der Waals surface area contributed by atoms with Crippen molar-refractivity contribution in [1.29, 1.82) is 0 Å². The van der Waals surface area contributed by atoms with Crippen LogP contribution < -0.4 is 9.47 Å². The van der Waals surface area contributed by atoms with Crippen LogP contribution in [0.3, 0.4) is 0 Å². The molecule has 0 aliphatic carbocycles. The highest BCUT2D eigenvalue weighted by Gasteiger charge is 2.30. The highest BCUT2D eigenvalue weighted by atomic mass is 35.5. The van der Waals surface area contributed by atoms with Crippen molar-refractivity contribution in [2.24, 2.45) is 0 Å². The highest BCUT2D eigenvalue weighted by molar-refractivity contribution is 6.30. The normalized spacial score (nSPS) is 14.1. The molecule has 6 heteroatoms. The monoisotopic (exact) mass is 412 g/mol. The van der Waals surface area contributed by atoms with Crippen LogP contribution in [0.4, 0.5) is 8.78 Å². The van der Waals surface area contributed by atoms with E-state index in [4.69, 9.17) is 21.1 Å². The summed E-state index contributed by atoms with van der Waals surface area (Å²) in [4.78, 5) is 12.6. The number of ketones is 1. The molecule has 3 aromatic carbocycles. The zero-order valence-corrected chi connectivity index (χ0v) is 16.1. The van der Waals surface area contributed by atoms with Crippen LogP contribution in [0.15, 0.2) is 60.4 Å². The van der Waals surface area contributed by atoms with Crippen LogP contribution in [0, 0.1) is 18.6 Å². The first-order chi connectivity index (χ1) is 13.9. The molecule has 146 valence electrons. The number of Topliss-reactive ketones (excluding diaryl/α,β-unsaturated/α-hetero) is 1. The Balaban J connectivity index is 1.59. The molecule has 1 aliphatic rings. The second kappa shape index (κ2) is 7.68. The molecule has 29 heavy (non-hydrogen) atoms. The Kier molecular flexibility index (Phi) is 5.07. The van der Waals surface area contributed by atoms with Crippen LogP contribution >= 0.6 is 11.6 Å². The SMILES string of the molecule is Cc1c(OCc2c(F)cccc2F)ccc2c1O/C(=C\c1ccc(Cl)cc1)C2=O. The molecule has 0 saturated carbocycles. The minimum Gasteiger partial charge on any atom is -0.488 e. The predicted molar refractivity (Wildman–Crippen MR) is 106 cm³/mol. The largest absolute Gasteiger partial charge is 0.488 e. The summed E-state index contributed by atoms with van der Waals surface area (Å²) in [5.41, 5.74) is 1.60. The van der Waals surface area contributed by atoms with Gasteiger partial charge in [0.15, 0.2) is 5.76 Å². The van der Waals surface area contributed by atoms with Crippen molar-refractivity contribution in [3.8, 4) is 11.5 Å². The van der Waals surface area contributed by atoms with Crippen molar-refractivity contribution >= 4 is 23.5 Å². The number of hydrogen-bond donors (Lipinski definition) is 0. The number of carbonyl (C=O) groups excluding carboxylic acids is 1. The summed E-state index contributed by atoms with van der Waals surface area (Å²) in [6.45, 7) is 1.45. The maximum atomic E-state index is 13.8. The van der Waals surface area contributed by atoms with Crippen molar-refractivity contribution in [2.75, 3.05) is 0 Å². The van der Waals surface area contributed by atoms with E-state index in [9.17, 15) is 13.6 Å². The smallest absolute Gasteiger partial charge is 0.231 e. The molecule has 0 atom stereocenters. The maximum Gasteiger partial charge on any atom is 0.231 e. The molecule has 0 spiro atoms. The molecule has 0 amide bonds. The first-order valence-electron chi connectivity index (χ1n) is 8.83.